The van der Waals surface area contributed by atoms with E-state index in [0.717, 1.165) is 5.56 Å². The highest BCUT2D eigenvalue weighted by Crippen LogP contribution is 2.20. The summed E-state index contributed by atoms with van der Waals surface area (Å²) in [5.41, 5.74) is 2.14. The van der Waals surface area contributed by atoms with Crippen LogP contribution in [0, 0.1) is 6.92 Å². The molecule has 1 amide bonds. The quantitative estimate of drug-likeness (QED) is 0.902. The zero-order chi connectivity index (χ0) is 14.7. The largest absolute Gasteiger partial charge is 0.508 e. The third kappa shape index (κ3) is 3.31. The van der Waals surface area contributed by atoms with Gasteiger partial charge in [-0.2, -0.15) is 0 Å². The van der Waals surface area contributed by atoms with E-state index in [2.05, 4.69) is 5.32 Å². The molecule has 0 heterocycles. The number of hydrogen-bond acceptors (Lipinski definition) is 2. The van der Waals surface area contributed by atoms with E-state index in [1.807, 2.05) is 25.1 Å². The first-order valence-corrected chi connectivity index (χ1v) is 6.71. The summed E-state index contributed by atoms with van der Waals surface area (Å²) in [6, 6.07) is 12.0. The Morgan fingerprint density at radius 2 is 2.00 bits per heavy atom. The summed E-state index contributed by atoms with van der Waals surface area (Å²) >= 11 is 5.94. The van der Waals surface area contributed by atoms with Crippen LogP contribution in [-0.2, 0) is 0 Å². The number of nitrogens with one attached hydrogen (secondary N) is 1. The number of phenolic OH excluding ortho intramolecular Hbond substituents is 1. The molecule has 0 saturated heterocycles. The van der Waals surface area contributed by atoms with Gasteiger partial charge in [-0.1, -0.05) is 23.7 Å². The van der Waals surface area contributed by atoms with E-state index in [1.165, 1.54) is 6.07 Å². The van der Waals surface area contributed by atoms with Crippen molar-refractivity contribution in [3.05, 3.63) is 64.2 Å². The van der Waals surface area contributed by atoms with E-state index in [9.17, 15) is 9.90 Å². The van der Waals surface area contributed by atoms with Gasteiger partial charge in [0.05, 0.1) is 6.04 Å². The predicted octanol–water partition coefficient (Wildman–Crippen LogP) is 3.85. The fourth-order valence-corrected chi connectivity index (χ4v) is 2.13. The summed E-state index contributed by atoms with van der Waals surface area (Å²) in [6.45, 7) is 3.66. The molecule has 0 aliphatic rings. The number of aryl methyl sites for hydroxylation is 1. The maximum absolute atomic E-state index is 12.2. The average molecular weight is 290 g/mol. The molecule has 2 N–H and O–H groups in total. The fraction of sp³-hybridized carbons (Fsp3) is 0.188. The lowest BCUT2D eigenvalue weighted by Crippen LogP contribution is -2.26. The minimum Gasteiger partial charge on any atom is -0.508 e. The molecule has 1 unspecified atom stereocenters. The Bertz CT molecular complexity index is 640. The van der Waals surface area contributed by atoms with Crippen LogP contribution < -0.4 is 5.32 Å². The number of halogens is 1. The summed E-state index contributed by atoms with van der Waals surface area (Å²) in [4.78, 5) is 12.2. The molecule has 0 spiro atoms. The second kappa shape index (κ2) is 5.97. The molecule has 0 saturated carbocycles. The maximum atomic E-state index is 12.2. The third-order valence-corrected chi connectivity index (χ3v) is 3.39. The van der Waals surface area contributed by atoms with Crippen molar-refractivity contribution in [2.24, 2.45) is 0 Å². The van der Waals surface area contributed by atoms with Gasteiger partial charge in [0.2, 0.25) is 0 Å². The van der Waals surface area contributed by atoms with Gasteiger partial charge in [-0.15, -0.1) is 0 Å². The Hall–Kier alpha value is -2.00. The van der Waals surface area contributed by atoms with Crippen molar-refractivity contribution >= 4 is 17.5 Å². The van der Waals surface area contributed by atoms with Gasteiger partial charge < -0.3 is 10.4 Å². The molecule has 20 heavy (non-hydrogen) atoms. The van der Waals surface area contributed by atoms with Crippen molar-refractivity contribution in [3.63, 3.8) is 0 Å². The van der Waals surface area contributed by atoms with Crippen molar-refractivity contribution < 1.29 is 9.90 Å². The summed E-state index contributed by atoms with van der Waals surface area (Å²) < 4.78 is 0. The molecule has 2 rings (SSSR count). The van der Waals surface area contributed by atoms with E-state index in [-0.39, 0.29) is 17.7 Å². The highest BCUT2D eigenvalue weighted by atomic mass is 35.5. The number of hydrogen-bond donors (Lipinski definition) is 2. The topological polar surface area (TPSA) is 49.3 Å². The third-order valence-electron chi connectivity index (χ3n) is 3.16. The van der Waals surface area contributed by atoms with Gasteiger partial charge in [0, 0.05) is 10.6 Å². The Morgan fingerprint density at radius 3 is 2.65 bits per heavy atom. The van der Waals surface area contributed by atoms with Crippen LogP contribution in [0.4, 0.5) is 0 Å². The second-order valence-electron chi connectivity index (χ2n) is 4.75. The smallest absolute Gasteiger partial charge is 0.251 e. The van der Waals surface area contributed by atoms with Crippen LogP contribution in [0.5, 0.6) is 5.75 Å². The van der Waals surface area contributed by atoms with Gasteiger partial charge in [0.25, 0.3) is 5.91 Å². The Morgan fingerprint density at radius 1 is 1.25 bits per heavy atom. The zero-order valence-electron chi connectivity index (χ0n) is 11.4. The van der Waals surface area contributed by atoms with Crippen LogP contribution in [-0.4, -0.2) is 11.0 Å². The van der Waals surface area contributed by atoms with Gasteiger partial charge in [-0.05, 0) is 55.3 Å². The lowest BCUT2D eigenvalue weighted by Gasteiger charge is -2.15. The van der Waals surface area contributed by atoms with E-state index in [0.29, 0.717) is 16.1 Å². The first-order valence-electron chi connectivity index (χ1n) is 6.33. The Labute approximate surface area is 123 Å². The van der Waals surface area contributed by atoms with Crippen molar-refractivity contribution in [1.82, 2.24) is 5.32 Å². The van der Waals surface area contributed by atoms with Crippen molar-refractivity contribution in [1.29, 1.82) is 0 Å². The van der Waals surface area contributed by atoms with E-state index < -0.39 is 0 Å². The maximum Gasteiger partial charge on any atom is 0.251 e. The van der Waals surface area contributed by atoms with Crippen LogP contribution in [0.2, 0.25) is 5.02 Å². The Balaban J connectivity index is 2.13. The molecule has 104 valence electrons. The average Bonchev–Trinajstić information content (AvgIpc) is 2.41. The first-order chi connectivity index (χ1) is 9.47. The van der Waals surface area contributed by atoms with E-state index >= 15 is 0 Å². The molecule has 4 heteroatoms. The normalized spacial score (nSPS) is 11.9. The van der Waals surface area contributed by atoms with Crippen molar-refractivity contribution in [3.8, 4) is 5.75 Å². The predicted molar refractivity (Wildman–Crippen MR) is 80.2 cm³/mol. The molecule has 2 aromatic carbocycles. The molecule has 0 aromatic heterocycles. The fourth-order valence-electron chi connectivity index (χ4n) is 1.94. The number of benzene rings is 2. The Kier molecular flexibility index (Phi) is 4.30. The van der Waals surface area contributed by atoms with Gasteiger partial charge in [0.15, 0.2) is 0 Å². The lowest BCUT2D eigenvalue weighted by atomic mass is 10.1. The van der Waals surface area contributed by atoms with Crippen LogP contribution in [0.25, 0.3) is 0 Å². The van der Waals surface area contributed by atoms with E-state index in [1.54, 1.807) is 25.1 Å². The number of amides is 1. The van der Waals surface area contributed by atoms with Gasteiger partial charge in [0.1, 0.15) is 5.75 Å². The first kappa shape index (κ1) is 14.4. The second-order valence-corrected chi connectivity index (χ2v) is 5.19. The van der Waals surface area contributed by atoms with Gasteiger partial charge in [-0.25, -0.2) is 0 Å². The minimum absolute atomic E-state index is 0.143. The molecule has 0 radical (unpaired) electrons. The molecule has 0 fully saturated rings. The SMILES string of the molecule is Cc1cc(C(=O)NC(C)c2cccc(Cl)c2)ccc1O. The molecule has 0 bridgehead atoms. The molecule has 0 aliphatic heterocycles. The molecular weight excluding hydrogens is 274 g/mol. The highest BCUT2D eigenvalue weighted by molar-refractivity contribution is 6.30. The molecule has 2 aromatic rings. The van der Waals surface area contributed by atoms with Crippen molar-refractivity contribution in [2.45, 2.75) is 19.9 Å². The summed E-state index contributed by atoms with van der Waals surface area (Å²) in [5.74, 6) is 0.00464. The summed E-state index contributed by atoms with van der Waals surface area (Å²) in [7, 11) is 0. The van der Waals surface area contributed by atoms with Crippen LogP contribution in [0.3, 0.4) is 0 Å². The summed E-state index contributed by atoms with van der Waals surface area (Å²) in [6.07, 6.45) is 0. The van der Waals surface area contributed by atoms with Crippen molar-refractivity contribution in [2.75, 3.05) is 0 Å². The molecule has 1 atom stereocenters. The summed E-state index contributed by atoms with van der Waals surface area (Å²) in [5, 5.41) is 13.0. The van der Waals surface area contributed by atoms with Gasteiger partial charge >= 0.3 is 0 Å². The van der Waals surface area contributed by atoms with E-state index in [4.69, 9.17) is 11.6 Å². The molecule has 3 nitrogen and oxygen atoms in total. The van der Waals surface area contributed by atoms with Crippen LogP contribution in [0.1, 0.15) is 34.5 Å². The molecular formula is C16H16ClNO2. The number of carbonyl (C=O) groups excluding carboxylic acids is 1. The van der Waals surface area contributed by atoms with Gasteiger partial charge in [-0.3, -0.25) is 4.79 Å². The zero-order valence-corrected chi connectivity index (χ0v) is 12.1. The van der Waals surface area contributed by atoms with Crippen LogP contribution >= 0.6 is 11.6 Å². The monoisotopic (exact) mass is 289 g/mol. The minimum atomic E-state index is -0.180. The number of carbonyl (C=O) groups is 1. The number of rotatable bonds is 3. The number of aromatic hydroxyl groups is 1. The molecule has 0 aliphatic carbocycles. The van der Waals surface area contributed by atoms with Crippen LogP contribution in [0.15, 0.2) is 42.5 Å². The standard InChI is InChI=1S/C16H16ClNO2/c1-10-8-13(6-7-15(10)19)16(20)18-11(2)12-4-3-5-14(17)9-12/h3-9,11,19H,1-2H3,(H,18,20). The lowest BCUT2D eigenvalue weighted by molar-refractivity contribution is 0.0940. The highest BCUT2D eigenvalue weighted by Gasteiger charge is 2.12. The number of phenols is 1.